The van der Waals surface area contributed by atoms with E-state index in [-0.39, 0.29) is 5.56 Å². The Labute approximate surface area is 142 Å². The minimum absolute atomic E-state index is 0.268. The van der Waals surface area contributed by atoms with E-state index in [4.69, 9.17) is 0 Å². The van der Waals surface area contributed by atoms with E-state index >= 15 is 0 Å². The van der Waals surface area contributed by atoms with Crippen LogP contribution < -0.4 is 10.0 Å². The molecular weight excluding hydrogens is 387 g/mol. The van der Waals surface area contributed by atoms with Crippen molar-refractivity contribution >= 4 is 43.2 Å². The molecule has 2 aromatic rings. The maximum atomic E-state index is 13.1. The number of carbonyl (C=O) groups excluding carboxylic acids is 1. The molecule has 0 saturated carbocycles. The van der Waals surface area contributed by atoms with Crippen LogP contribution in [0.1, 0.15) is 15.9 Å². The molecule has 0 aliphatic carbocycles. The second kappa shape index (κ2) is 6.67. The first kappa shape index (κ1) is 17.4. The first-order valence-electron chi connectivity index (χ1n) is 6.50. The zero-order valence-corrected chi connectivity index (χ0v) is 14.8. The first-order chi connectivity index (χ1) is 10.7. The van der Waals surface area contributed by atoms with Gasteiger partial charge in [0.15, 0.2) is 0 Å². The summed E-state index contributed by atoms with van der Waals surface area (Å²) < 4.78 is 38.5. The van der Waals surface area contributed by atoms with Crippen molar-refractivity contribution in [3.63, 3.8) is 0 Å². The first-order valence-corrected chi connectivity index (χ1v) is 9.19. The number of halogens is 2. The molecule has 2 aromatic carbocycles. The van der Waals surface area contributed by atoms with Gasteiger partial charge in [-0.05, 0) is 58.7 Å². The number of carbonyl (C=O) groups is 1. The number of benzene rings is 2. The predicted molar refractivity (Wildman–Crippen MR) is 91.7 cm³/mol. The highest BCUT2D eigenvalue weighted by molar-refractivity contribution is 9.10. The lowest BCUT2D eigenvalue weighted by atomic mass is 10.1. The third kappa shape index (κ3) is 4.77. The molecule has 0 aliphatic heterocycles. The summed E-state index contributed by atoms with van der Waals surface area (Å²) in [5.41, 5.74) is 1.78. The van der Waals surface area contributed by atoms with Gasteiger partial charge in [0.25, 0.3) is 5.91 Å². The molecule has 23 heavy (non-hydrogen) atoms. The Morgan fingerprint density at radius 1 is 1.17 bits per heavy atom. The highest BCUT2D eigenvalue weighted by Gasteiger charge is 2.12. The van der Waals surface area contributed by atoms with Crippen LogP contribution in [0.4, 0.5) is 15.8 Å². The summed E-state index contributed by atoms with van der Waals surface area (Å²) in [5.74, 6) is -0.894. The molecule has 8 heteroatoms. The third-order valence-corrected chi connectivity index (χ3v) is 4.21. The number of hydrogen-bond donors (Lipinski definition) is 2. The zero-order valence-electron chi connectivity index (χ0n) is 12.4. The molecule has 0 saturated heterocycles. The average molecular weight is 401 g/mol. The summed E-state index contributed by atoms with van der Waals surface area (Å²) in [6.45, 7) is 1.75. The van der Waals surface area contributed by atoms with Crippen molar-refractivity contribution in [3.8, 4) is 0 Å². The SMILES string of the molecule is Cc1ccc(NC(=O)c2ccc(F)cc2Br)cc1NS(C)(=O)=O. The van der Waals surface area contributed by atoms with Crippen molar-refractivity contribution in [2.45, 2.75) is 6.92 Å². The molecule has 1 amide bonds. The van der Waals surface area contributed by atoms with Gasteiger partial charge in [0.1, 0.15) is 5.82 Å². The second-order valence-electron chi connectivity index (χ2n) is 4.98. The molecule has 2 N–H and O–H groups in total. The molecule has 0 atom stereocenters. The normalized spacial score (nSPS) is 11.1. The number of hydrogen-bond acceptors (Lipinski definition) is 3. The smallest absolute Gasteiger partial charge is 0.256 e. The molecule has 0 aromatic heterocycles. The Balaban J connectivity index is 2.26. The van der Waals surface area contributed by atoms with Crippen LogP contribution >= 0.6 is 15.9 Å². The number of amides is 1. The lowest BCUT2D eigenvalue weighted by molar-refractivity contribution is 0.102. The summed E-state index contributed by atoms with van der Waals surface area (Å²) in [6, 6.07) is 8.59. The van der Waals surface area contributed by atoms with Crippen LogP contribution in [0.5, 0.6) is 0 Å². The summed E-state index contributed by atoms with van der Waals surface area (Å²) in [4.78, 5) is 12.2. The van der Waals surface area contributed by atoms with Gasteiger partial charge >= 0.3 is 0 Å². The fourth-order valence-corrected chi connectivity index (χ4v) is 3.03. The van der Waals surface area contributed by atoms with E-state index in [0.29, 0.717) is 15.8 Å². The lowest BCUT2D eigenvalue weighted by Crippen LogP contribution is -2.14. The largest absolute Gasteiger partial charge is 0.322 e. The number of nitrogens with one attached hydrogen (secondary N) is 2. The van der Waals surface area contributed by atoms with Crippen molar-refractivity contribution in [1.29, 1.82) is 0 Å². The van der Waals surface area contributed by atoms with Crippen molar-refractivity contribution in [3.05, 3.63) is 57.8 Å². The van der Waals surface area contributed by atoms with Crippen LogP contribution in [0.2, 0.25) is 0 Å². The van der Waals surface area contributed by atoms with Crippen LogP contribution in [0.15, 0.2) is 40.9 Å². The van der Waals surface area contributed by atoms with Gasteiger partial charge in [-0.25, -0.2) is 12.8 Å². The average Bonchev–Trinajstić information content (AvgIpc) is 2.40. The maximum absolute atomic E-state index is 13.1. The molecule has 5 nitrogen and oxygen atoms in total. The quantitative estimate of drug-likeness (QED) is 0.823. The van der Waals surface area contributed by atoms with E-state index in [0.717, 1.165) is 11.8 Å². The van der Waals surface area contributed by atoms with Gasteiger partial charge in [0.05, 0.1) is 17.5 Å². The van der Waals surface area contributed by atoms with Gasteiger partial charge in [-0.3, -0.25) is 9.52 Å². The van der Waals surface area contributed by atoms with Gasteiger partial charge in [0, 0.05) is 10.2 Å². The van der Waals surface area contributed by atoms with Crippen molar-refractivity contribution in [2.75, 3.05) is 16.3 Å². The molecule has 122 valence electrons. The van der Waals surface area contributed by atoms with Gasteiger partial charge in [-0.15, -0.1) is 0 Å². The topological polar surface area (TPSA) is 75.3 Å². The zero-order chi connectivity index (χ0) is 17.2. The molecule has 0 heterocycles. The predicted octanol–water partition coefficient (Wildman–Crippen LogP) is 3.52. The number of aryl methyl sites for hydroxylation is 1. The molecule has 2 rings (SSSR count). The summed E-state index contributed by atoms with van der Waals surface area (Å²) in [5, 5.41) is 2.65. The number of sulfonamides is 1. The van der Waals surface area contributed by atoms with Gasteiger partial charge in [-0.2, -0.15) is 0 Å². The fourth-order valence-electron chi connectivity index (χ4n) is 1.88. The minimum Gasteiger partial charge on any atom is -0.322 e. The fraction of sp³-hybridized carbons (Fsp3) is 0.133. The van der Waals surface area contributed by atoms with Crippen molar-refractivity contribution < 1.29 is 17.6 Å². The number of anilines is 2. The molecule has 0 spiro atoms. The molecule has 0 fully saturated rings. The molecular formula is C15H14BrFN2O3S. The van der Waals surface area contributed by atoms with E-state index in [2.05, 4.69) is 26.0 Å². The Kier molecular flexibility index (Phi) is 5.06. The Morgan fingerprint density at radius 3 is 2.48 bits per heavy atom. The molecule has 0 radical (unpaired) electrons. The van der Waals surface area contributed by atoms with Gasteiger partial charge < -0.3 is 5.32 Å². The van der Waals surface area contributed by atoms with Crippen LogP contribution in [0.25, 0.3) is 0 Å². The van der Waals surface area contributed by atoms with E-state index in [9.17, 15) is 17.6 Å². The van der Waals surface area contributed by atoms with E-state index in [1.165, 1.54) is 24.3 Å². The van der Waals surface area contributed by atoms with Crippen molar-refractivity contribution in [1.82, 2.24) is 0 Å². The van der Waals surface area contributed by atoms with Crippen LogP contribution in [0.3, 0.4) is 0 Å². The third-order valence-electron chi connectivity index (χ3n) is 2.97. The van der Waals surface area contributed by atoms with Gasteiger partial charge in [0.2, 0.25) is 10.0 Å². The van der Waals surface area contributed by atoms with E-state index in [1.54, 1.807) is 19.1 Å². The Hall–Kier alpha value is -1.93. The minimum atomic E-state index is -3.42. The second-order valence-corrected chi connectivity index (χ2v) is 7.59. The van der Waals surface area contributed by atoms with E-state index < -0.39 is 21.7 Å². The van der Waals surface area contributed by atoms with Crippen LogP contribution in [0, 0.1) is 12.7 Å². The molecule has 0 unspecified atom stereocenters. The molecule has 0 bridgehead atoms. The molecule has 0 aliphatic rings. The summed E-state index contributed by atoms with van der Waals surface area (Å²) in [7, 11) is -3.42. The van der Waals surface area contributed by atoms with Gasteiger partial charge in [-0.1, -0.05) is 6.07 Å². The maximum Gasteiger partial charge on any atom is 0.256 e. The lowest BCUT2D eigenvalue weighted by Gasteiger charge is -2.11. The highest BCUT2D eigenvalue weighted by Crippen LogP contribution is 2.23. The Bertz CT molecular complexity index is 869. The van der Waals surface area contributed by atoms with Crippen molar-refractivity contribution in [2.24, 2.45) is 0 Å². The van der Waals surface area contributed by atoms with Crippen LogP contribution in [-0.4, -0.2) is 20.6 Å². The Morgan fingerprint density at radius 2 is 1.87 bits per heavy atom. The summed E-state index contributed by atoms with van der Waals surface area (Å²) >= 11 is 3.13. The number of rotatable bonds is 4. The highest BCUT2D eigenvalue weighted by atomic mass is 79.9. The van der Waals surface area contributed by atoms with Crippen LogP contribution in [-0.2, 0) is 10.0 Å². The monoisotopic (exact) mass is 400 g/mol. The standard InChI is InChI=1S/C15H14BrFN2O3S/c1-9-3-5-11(8-14(9)19-23(2,21)22)18-15(20)12-6-4-10(17)7-13(12)16/h3-8,19H,1-2H3,(H,18,20). The summed E-state index contributed by atoms with van der Waals surface area (Å²) in [6.07, 6.45) is 1.05. The van der Waals surface area contributed by atoms with E-state index in [1.807, 2.05) is 0 Å².